The fourth-order valence-electron chi connectivity index (χ4n) is 1.96. The quantitative estimate of drug-likeness (QED) is 0.806. The van der Waals surface area contributed by atoms with Gasteiger partial charge in [-0.25, -0.2) is 4.39 Å². The van der Waals surface area contributed by atoms with Crippen LogP contribution in [0.3, 0.4) is 0 Å². The van der Waals surface area contributed by atoms with Crippen molar-refractivity contribution in [2.45, 2.75) is 52.1 Å². The predicted octanol–water partition coefficient (Wildman–Crippen LogP) is 3.79. The Hall–Kier alpha value is -0.890. The first-order valence-electron chi connectivity index (χ1n) is 5.91. The highest BCUT2D eigenvalue weighted by molar-refractivity contribution is 5.29. The second-order valence-electron chi connectivity index (χ2n) is 4.96. The van der Waals surface area contributed by atoms with Crippen LogP contribution >= 0.6 is 0 Å². The van der Waals surface area contributed by atoms with E-state index in [0.29, 0.717) is 5.56 Å². The van der Waals surface area contributed by atoms with Gasteiger partial charge in [0.25, 0.3) is 0 Å². The molecule has 0 aliphatic heterocycles. The van der Waals surface area contributed by atoms with E-state index in [4.69, 9.17) is 5.11 Å². The molecular formula is C14H21FO. The van der Waals surface area contributed by atoms with E-state index in [2.05, 4.69) is 20.8 Å². The molecule has 1 rings (SSSR count). The Bertz CT molecular complexity index is 345. The summed E-state index contributed by atoms with van der Waals surface area (Å²) >= 11 is 0. The zero-order valence-electron chi connectivity index (χ0n) is 10.4. The van der Waals surface area contributed by atoms with E-state index in [1.807, 2.05) is 0 Å². The van der Waals surface area contributed by atoms with Crippen molar-refractivity contribution in [3.63, 3.8) is 0 Å². The molecule has 0 saturated heterocycles. The van der Waals surface area contributed by atoms with Crippen LogP contribution in [0.15, 0.2) is 18.2 Å². The predicted molar refractivity (Wildman–Crippen MR) is 64.9 cm³/mol. The molecule has 0 aliphatic carbocycles. The van der Waals surface area contributed by atoms with Crippen LogP contribution in [0.4, 0.5) is 4.39 Å². The van der Waals surface area contributed by atoms with Crippen LogP contribution in [0, 0.1) is 5.82 Å². The molecule has 0 aliphatic rings. The second kappa shape index (κ2) is 5.44. The van der Waals surface area contributed by atoms with Crippen molar-refractivity contribution < 1.29 is 9.50 Å². The molecule has 0 amide bonds. The zero-order chi connectivity index (χ0) is 12.2. The number of benzene rings is 1. The smallest absolute Gasteiger partial charge is 0.127 e. The van der Waals surface area contributed by atoms with Gasteiger partial charge in [0.05, 0.1) is 6.61 Å². The summed E-state index contributed by atoms with van der Waals surface area (Å²) in [6.07, 6.45) is 3.22. The second-order valence-corrected chi connectivity index (χ2v) is 4.96. The first kappa shape index (κ1) is 13.2. The van der Waals surface area contributed by atoms with Gasteiger partial charge >= 0.3 is 0 Å². The lowest BCUT2D eigenvalue weighted by molar-refractivity contribution is 0.281. The molecule has 0 aromatic heterocycles. The van der Waals surface area contributed by atoms with Gasteiger partial charge in [0.15, 0.2) is 0 Å². The third-order valence-electron chi connectivity index (χ3n) is 3.10. The number of rotatable bonds is 5. The van der Waals surface area contributed by atoms with Gasteiger partial charge in [-0.1, -0.05) is 45.7 Å². The standard InChI is InChI=1S/C14H21FO/c1-4-5-8-14(2,3)12-7-6-11(10-16)9-13(12)15/h6-7,9,16H,4-5,8,10H2,1-3H3. The Balaban J connectivity index is 2.94. The molecule has 0 heterocycles. The molecule has 1 aromatic carbocycles. The minimum Gasteiger partial charge on any atom is -0.392 e. The van der Waals surface area contributed by atoms with Crippen molar-refractivity contribution in [2.24, 2.45) is 0 Å². The molecule has 0 spiro atoms. The molecule has 2 heteroatoms. The summed E-state index contributed by atoms with van der Waals surface area (Å²) in [5.41, 5.74) is 1.25. The summed E-state index contributed by atoms with van der Waals surface area (Å²) in [6, 6.07) is 5.03. The Morgan fingerprint density at radius 3 is 2.50 bits per heavy atom. The monoisotopic (exact) mass is 224 g/mol. The van der Waals surface area contributed by atoms with E-state index in [-0.39, 0.29) is 17.8 Å². The summed E-state index contributed by atoms with van der Waals surface area (Å²) in [5.74, 6) is -0.201. The SMILES string of the molecule is CCCCC(C)(C)c1ccc(CO)cc1F. The van der Waals surface area contributed by atoms with Gasteiger partial charge in [-0.05, 0) is 29.0 Å². The van der Waals surface area contributed by atoms with Crippen LogP contribution in [0.1, 0.15) is 51.2 Å². The maximum absolute atomic E-state index is 13.8. The zero-order valence-corrected chi connectivity index (χ0v) is 10.4. The lowest BCUT2D eigenvalue weighted by Crippen LogP contribution is -2.19. The maximum atomic E-state index is 13.8. The van der Waals surface area contributed by atoms with E-state index in [1.165, 1.54) is 6.07 Å². The van der Waals surface area contributed by atoms with Crippen molar-refractivity contribution in [3.8, 4) is 0 Å². The molecule has 0 unspecified atom stereocenters. The lowest BCUT2D eigenvalue weighted by Gasteiger charge is -2.25. The van der Waals surface area contributed by atoms with Crippen molar-refractivity contribution >= 4 is 0 Å². The van der Waals surface area contributed by atoms with Gasteiger partial charge in [-0.2, -0.15) is 0 Å². The number of hydrogen-bond donors (Lipinski definition) is 1. The van der Waals surface area contributed by atoms with E-state index >= 15 is 0 Å². The summed E-state index contributed by atoms with van der Waals surface area (Å²) in [6.45, 7) is 6.17. The molecule has 1 nitrogen and oxygen atoms in total. The number of halogens is 1. The molecule has 0 radical (unpaired) electrons. The number of hydrogen-bond acceptors (Lipinski definition) is 1. The molecule has 0 bridgehead atoms. The van der Waals surface area contributed by atoms with Gasteiger partial charge in [0.2, 0.25) is 0 Å². The van der Waals surface area contributed by atoms with Crippen LogP contribution in [-0.2, 0) is 12.0 Å². The van der Waals surface area contributed by atoms with E-state index < -0.39 is 0 Å². The largest absolute Gasteiger partial charge is 0.392 e. The highest BCUT2D eigenvalue weighted by Gasteiger charge is 2.23. The molecule has 0 saturated carbocycles. The number of aliphatic hydroxyl groups excluding tert-OH is 1. The summed E-state index contributed by atoms with van der Waals surface area (Å²) in [5, 5.41) is 8.93. The van der Waals surface area contributed by atoms with Crippen molar-refractivity contribution in [3.05, 3.63) is 35.1 Å². The summed E-state index contributed by atoms with van der Waals surface area (Å²) in [7, 11) is 0. The Kier molecular flexibility index (Phi) is 4.48. The molecule has 1 aromatic rings. The van der Waals surface area contributed by atoms with Gasteiger partial charge in [0.1, 0.15) is 5.82 Å². The fourth-order valence-corrected chi connectivity index (χ4v) is 1.96. The van der Waals surface area contributed by atoms with Gasteiger partial charge in [-0.15, -0.1) is 0 Å². The van der Waals surface area contributed by atoms with Crippen LogP contribution in [-0.4, -0.2) is 5.11 Å². The van der Waals surface area contributed by atoms with E-state index in [1.54, 1.807) is 12.1 Å². The minimum atomic E-state index is -0.201. The third kappa shape index (κ3) is 3.05. The first-order chi connectivity index (χ1) is 7.51. The average Bonchev–Trinajstić information content (AvgIpc) is 2.25. The molecule has 1 N–H and O–H groups in total. The number of aliphatic hydroxyl groups is 1. The highest BCUT2D eigenvalue weighted by Crippen LogP contribution is 2.31. The minimum absolute atomic E-state index is 0.105. The third-order valence-corrected chi connectivity index (χ3v) is 3.10. The van der Waals surface area contributed by atoms with Gasteiger partial charge in [-0.3, -0.25) is 0 Å². The first-order valence-corrected chi connectivity index (χ1v) is 5.91. The summed E-state index contributed by atoms with van der Waals surface area (Å²) < 4.78 is 13.8. The van der Waals surface area contributed by atoms with E-state index in [9.17, 15) is 4.39 Å². The Morgan fingerprint density at radius 1 is 1.31 bits per heavy atom. The van der Waals surface area contributed by atoms with Crippen molar-refractivity contribution in [2.75, 3.05) is 0 Å². The molecular weight excluding hydrogens is 203 g/mol. The topological polar surface area (TPSA) is 20.2 Å². The number of unbranched alkanes of at least 4 members (excludes halogenated alkanes) is 1. The van der Waals surface area contributed by atoms with Crippen LogP contribution < -0.4 is 0 Å². The van der Waals surface area contributed by atoms with E-state index in [0.717, 1.165) is 24.8 Å². The average molecular weight is 224 g/mol. The fraction of sp³-hybridized carbons (Fsp3) is 0.571. The van der Waals surface area contributed by atoms with Crippen molar-refractivity contribution in [1.82, 2.24) is 0 Å². The van der Waals surface area contributed by atoms with Gasteiger partial charge < -0.3 is 5.11 Å². The van der Waals surface area contributed by atoms with Gasteiger partial charge in [0, 0.05) is 0 Å². The molecule has 0 atom stereocenters. The Labute approximate surface area is 97.3 Å². The maximum Gasteiger partial charge on any atom is 0.127 e. The normalized spacial score (nSPS) is 11.8. The Morgan fingerprint density at radius 2 is 2.00 bits per heavy atom. The highest BCUT2D eigenvalue weighted by atomic mass is 19.1. The van der Waals surface area contributed by atoms with Crippen LogP contribution in [0.5, 0.6) is 0 Å². The molecule has 16 heavy (non-hydrogen) atoms. The van der Waals surface area contributed by atoms with Crippen molar-refractivity contribution in [1.29, 1.82) is 0 Å². The molecule has 90 valence electrons. The lowest BCUT2D eigenvalue weighted by atomic mass is 9.79. The van der Waals surface area contributed by atoms with Crippen LogP contribution in [0.25, 0.3) is 0 Å². The van der Waals surface area contributed by atoms with Crippen LogP contribution in [0.2, 0.25) is 0 Å². The summed E-state index contributed by atoms with van der Waals surface area (Å²) in [4.78, 5) is 0. The molecule has 0 fully saturated rings.